The quantitative estimate of drug-likeness (QED) is 0.165. The highest BCUT2D eigenvalue weighted by atomic mass is 16.5. The van der Waals surface area contributed by atoms with Crippen LogP contribution in [0.15, 0.2) is 144 Å². The molecule has 63 heavy (non-hydrogen) atoms. The van der Waals surface area contributed by atoms with E-state index in [9.17, 15) is 0 Å². The first kappa shape index (κ1) is 40.9. The molecule has 316 valence electrons. The molecule has 8 aromatic rings. The van der Waals surface area contributed by atoms with Crippen molar-refractivity contribution in [3.63, 3.8) is 0 Å². The van der Waals surface area contributed by atoms with Crippen molar-refractivity contribution in [2.24, 2.45) is 0 Å². The van der Waals surface area contributed by atoms with Crippen LogP contribution in [0.4, 0.5) is 34.1 Å². The average molecular weight is 827 g/mol. The van der Waals surface area contributed by atoms with Gasteiger partial charge in [-0.2, -0.15) is 0 Å². The largest absolute Gasteiger partial charge is 0.458 e. The van der Waals surface area contributed by atoms with Crippen molar-refractivity contribution in [3.05, 3.63) is 162 Å². The van der Waals surface area contributed by atoms with E-state index in [0.717, 1.165) is 67.6 Å². The lowest BCUT2D eigenvalue weighted by atomic mass is 9.34. The van der Waals surface area contributed by atoms with Crippen LogP contribution in [0, 0.1) is 0 Å². The van der Waals surface area contributed by atoms with Gasteiger partial charge in [0.05, 0.1) is 16.8 Å². The van der Waals surface area contributed by atoms with E-state index in [2.05, 4.69) is 232 Å². The Labute approximate surface area is 374 Å². The second-order valence-corrected chi connectivity index (χ2v) is 22.0. The first-order valence-electron chi connectivity index (χ1n) is 22.6. The molecule has 0 N–H and O–H groups in total. The number of para-hydroxylation sites is 1. The van der Waals surface area contributed by atoms with E-state index in [1.807, 2.05) is 0 Å². The number of ether oxygens (including phenoxy) is 1. The summed E-state index contributed by atoms with van der Waals surface area (Å²) in [5.41, 5.74) is 17.0. The lowest BCUT2D eigenvalue weighted by molar-refractivity contribution is 0.486. The number of fused-ring (bicyclic) bond motifs is 7. The maximum atomic E-state index is 6.92. The Kier molecular flexibility index (Phi) is 9.18. The second-order valence-electron chi connectivity index (χ2n) is 22.0. The van der Waals surface area contributed by atoms with Crippen LogP contribution in [0.1, 0.15) is 105 Å². The van der Waals surface area contributed by atoms with Crippen molar-refractivity contribution in [2.45, 2.75) is 105 Å². The first-order chi connectivity index (χ1) is 29.8. The van der Waals surface area contributed by atoms with Gasteiger partial charge >= 0.3 is 0 Å². The zero-order valence-electron chi connectivity index (χ0n) is 39.1. The molecule has 0 saturated heterocycles. The van der Waals surface area contributed by atoms with E-state index in [1.165, 1.54) is 38.6 Å². The summed E-state index contributed by atoms with van der Waals surface area (Å²) in [7, 11) is 0. The van der Waals surface area contributed by atoms with Gasteiger partial charge in [-0.3, -0.25) is 0 Å². The van der Waals surface area contributed by atoms with Crippen molar-refractivity contribution in [2.75, 3.05) is 9.80 Å². The average Bonchev–Trinajstić information content (AvgIpc) is 3.61. The summed E-state index contributed by atoms with van der Waals surface area (Å²) in [5, 5.41) is 2.16. The number of benzene rings is 7. The number of hydrogen-bond donors (Lipinski definition) is 0. The SMILES string of the molecule is CC(C)(C)c1ccc(N(c2ccc(C(C)(C)C)cc2)c2cc(N3c4ccc(C(C)(C)C)cc4B4c5cc(C(C)(C)C)ccc5Oc5cccc3c54)c3c(c2)oc2ccccc23)cc1. The number of hydrogen-bond acceptors (Lipinski definition) is 4. The van der Waals surface area contributed by atoms with Crippen molar-refractivity contribution >= 4 is 79.2 Å². The van der Waals surface area contributed by atoms with Crippen molar-refractivity contribution in [1.29, 1.82) is 0 Å². The summed E-state index contributed by atoms with van der Waals surface area (Å²) in [5.74, 6) is 1.82. The molecule has 0 radical (unpaired) electrons. The number of furan rings is 1. The van der Waals surface area contributed by atoms with E-state index in [4.69, 9.17) is 9.15 Å². The Bertz CT molecular complexity index is 3020. The molecule has 10 rings (SSSR count). The van der Waals surface area contributed by atoms with E-state index in [1.54, 1.807) is 0 Å². The maximum Gasteiger partial charge on any atom is 0.256 e. The topological polar surface area (TPSA) is 28.9 Å². The molecular weight excluding hydrogens is 767 g/mol. The summed E-state index contributed by atoms with van der Waals surface area (Å²) in [6.07, 6.45) is 0. The molecule has 0 fully saturated rings. The molecule has 7 aromatic carbocycles. The highest BCUT2D eigenvalue weighted by Gasteiger charge is 2.43. The van der Waals surface area contributed by atoms with Gasteiger partial charge in [-0.05, 0) is 121 Å². The molecule has 0 unspecified atom stereocenters. The normalized spacial score (nSPS) is 13.8. The molecular formula is C58H59BN2O2. The van der Waals surface area contributed by atoms with Gasteiger partial charge in [-0.1, -0.05) is 156 Å². The summed E-state index contributed by atoms with van der Waals surface area (Å²) in [4.78, 5) is 4.88. The summed E-state index contributed by atoms with van der Waals surface area (Å²) in [6.45, 7) is 27.4. The van der Waals surface area contributed by atoms with Gasteiger partial charge in [0.25, 0.3) is 6.71 Å². The van der Waals surface area contributed by atoms with Gasteiger partial charge in [0.1, 0.15) is 22.7 Å². The minimum absolute atomic E-state index is 0.0188. The first-order valence-corrected chi connectivity index (χ1v) is 22.6. The molecule has 4 nitrogen and oxygen atoms in total. The van der Waals surface area contributed by atoms with Crippen LogP contribution in [-0.2, 0) is 21.7 Å². The minimum atomic E-state index is -0.0551. The Hall–Kier alpha value is -6.20. The van der Waals surface area contributed by atoms with Crippen LogP contribution >= 0.6 is 0 Å². The third-order valence-corrected chi connectivity index (χ3v) is 13.3. The van der Waals surface area contributed by atoms with Crippen molar-refractivity contribution in [1.82, 2.24) is 0 Å². The fraction of sp³-hybridized carbons (Fsp3) is 0.276. The van der Waals surface area contributed by atoms with E-state index in [-0.39, 0.29) is 28.4 Å². The monoisotopic (exact) mass is 826 g/mol. The molecule has 5 heteroatoms. The molecule has 3 heterocycles. The van der Waals surface area contributed by atoms with Crippen molar-refractivity contribution < 1.29 is 9.15 Å². The molecule has 2 aliphatic heterocycles. The second kappa shape index (κ2) is 14.2. The predicted octanol–water partition coefficient (Wildman–Crippen LogP) is 14.7. The van der Waals surface area contributed by atoms with Crippen LogP contribution in [0.3, 0.4) is 0 Å². The van der Waals surface area contributed by atoms with E-state index in [0.29, 0.717) is 0 Å². The van der Waals surface area contributed by atoms with Gasteiger partial charge in [0.15, 0.2) is 0 Å². The van der Waals surface area contributed by atoms with E-state index >= 15 is 0 Å². The molecule has 0 bridgehead atoms. The Balaban J connectivity index is 1.27. The lowest BCUT2D eigenvalue weighted by Crippen LogP contribution is -2.59. The van der Waals surface area contributed by atoms with Gasteiger partial charge in [0, 0.05) is 34.2 Å². The molecule has 0 amide bonds. The fourth-order valence-corrected chi connectivity index (χ4v) is 9.67. The van der Waals surface area contributed by atoms with Gasteiger partial charge in [-0.25, -0.2) is 0 Å². The third-order valence-electron chi connectivity index (χ3n) is 13.3. The zero-order chi connectivity index (χ0) is 44.4. The Morgan fingerprint density at radius 1 is 0.429 bits per heavy atom. The van der Waals surface area contributed by atoms with Crippen LogP contribution in [0.2, 0.25) is 0 Å². The molecule has 0 saturated carbocycles. The molecule has 2 aliphatic rings. The van der Waals surface area contributed by atoms with Crippen LogP contribution in [0.25, 0.3) is 21.9 Å². The van der Waals surface area contributed by atoms with Crippen LogP contribution in [0.5, 0.6) is 11.5 Å². The fourth-order valence-electron chi connectivity index (χ4n) is 9.67. The van der Waals surface area contributed by atoms with Gasteiger partial charge < -0.3 is 19.0 Å². The Morgan fingerprint density at radius 2 is 0.984 bits per heavy atom. The standard InChI is InChI=1S/C58H59BN2O2/c1-55(2,3)36-20-26-40(27-21-36)60(41-28-22-37(23-29-41)56(4,5)6)42-34-48(53-43-16-13-14-18-49(43)62-52(53)35-42)61-46-30-24-38(57(7,8)9)32-44(46)59-45-33-39(58(10,11)12)25-31-50(45)63-51-19-15-17-47(61)54(51)59/h13-35H,1-12H3. The van der Waals surface area contributed by atoms with Crippen LogP contribution < -0.4 is 30.9 Å². The summed E-state index contributed by atoms with van der Waals surface area (Å²) in [6, 6.07) is 51.8. The maximum absolute atomic E-state index is 6.92. The third kappa shape index (κ3) is 6.92. The molecule has 0 atom stereocenters. The van der Waals surface area contributed by atoms with Gasteiger partial charge in [-0.15, -0.1) is 0 Å². The van der Waals surface area contributed by atoms with E-state index < -0.39 is 0 Å². The Morgan fingerprint density at radius 3 is 1.59 bits per heavy atom. The number of rotatable bonds is 4. The highest BCUT2D eigenvalue weighted by molar-refractivity contribution is 6.99. The van der Waals surface area contributed by atoms with Crippen molar-refractivity contribution in [3.8, 4) is 11.5 Å². The molecule has 0 aliphatic carbocycles. The summed E-state index contributed by atoms with van der Waals surface area (Å²) >= 11 is 0. The van der Waals surface area contributed by atoms with Crippen LogP contribution in [-0.4, -0.2) is 6.71 Å². The number of nitrogens with zero attached hydrogens (tertiary/aromatic N) is 2. The summed E-state index contributed by atoms with van der Waals surface area (Å²) < 4.78 is 13.8. The number of anilines is 6. The minimum Gasteiger partial charge on any atom is -0.458 e. The lowest BCUT2D eigenvalue weighted by Gasteiger charge is -2.41. The highest BCUT2D eigenvalue weighted by Crippen LogP contribution is 2.49. The smallest absolute Gasteiger partial charge is 0.256 e. The molecule has 1 aromatic heterocycles. The van der Waals surface area contributed by atoms with Gasteiger partial charge in [0.2, 0.25) is 0 Å². The predicted molar refractivity (Wildman–Crippen MR) is 269 cm³/mol. The molecule has 0 spiro atoms. The zero-order valence-corrected chi connectivity index (χ0v) is 39.1.